The number of aryl methyl sites for hydroxylation is 1. The first-order valence-electron chi connectivity index (χ1n) is 4.13. The van der Waals surface area contributed by atoms with Crippen molar-refractivity contribution in [3.8, 4) is 0 Å². The Balaban J connectivity index is 2.27. The van der Waals surface area contributed by atoms with Gasteiger partial charge in [-0.1, -0.05) is 11.6 Å². The molecule has 2 nitrogen and oxygen atoms in total. The van der Waals surface area contributed by atoms with Crippen molar-refractivity contribution in [3.63, 3.8) is 0 Å². The molecule has 2 heterocycles. The van der Waals surface area contributed by atoms with Crippen LogP contribution in [-0.4, -0.2) is 11.5 Å². The van der Waals surface area contributed by atoms with Crippen LogP contribution in [0.15, 0.2) is 12.3 Å². The number of pyridine rings is 1. The fraction of sp³-hybridized carbons (Fsp3) is 0.444. The highest BCUT2D eigenvalue weighted by molar-refractivity contribution is 6.30. The first-order chi connectivity index (χ1) is 5.77. The van der Waals surface area contributed by atoms with Gasteiger partial charge in [0.25, 0.3) is 0 Å². The second kappa shape index (κ2) is 3.04. The van der Waals surface area contributed by atoms with Crippen LogP contribution in [0.2, 0.25) is 5.15 Å². The van der Waals surface area contributed by atoms with Crippen molar-refractivity contribution in [2.75, 3.05) is 6.54 Å². The minimum absolute atomic E-state index is 0.508. The van der Waals surface area contributed by atoms with Gasteiger partial charge < -0.3 is 5.32 Å². The molecule has 1 aliphatic rings. The number of hydrogen-bond donors (Lipinski definition) is 1. The van der Waals surface area contributed by atoms with Crippen molar-refractivity contribution in [3.05, 3.63) is 28.5 Å². The Hall–Kier alpha value is -0.600. The molecule has 1 aliphatic heterocycles. The smallest absolute Gasteiger partial charge is 0.131 e. The summed E-state index contributed by atoms with van der Waals surface area (Å²) < 4.78 is 0. The normalized spacial score (nSPS) is 22.0. The third-order valence-electron chi connectivity index (χ3n) is 2.26. The predicted molar refractivity (Wildman–Crippen MR) is 49.3 cm³/mol. The second-order valence-electron chi connectivity index (χ2n) is 3.17. The summed E-state index contributed by atoms with van der Waals surface area (Å²) >= 11 is 5.82. The SMILES string of the molecule is Cc1cc([C@@H]2CCN2)cnc1Cl. The average Bonchev–Trinajstić information content (AvgIpc) is 1.93. The van der Waals surface area contributed by atoms with Gasteiger partial charge in [-0.25, -0.2) is 4.98 Å². The molecule has 0 radical (unpaired) electrons. The minimum atomic E-state index is 0.508. The Morgan fingerprint density at radius 3 is 2.92 bits per heavy atom. The molecule has 1 fully saturated rings. The van der Waals surface area contributed by atoms with Crippen LogP contribution >= 0.6 is 11.6 Å². The number of nitrogens with zero attached hydrogens (tertiary/aromatic N) is 1. The Kier molecular flexibility index (Phi) is 2.03. The van der Waals surface area contributed by atoms with Crippen LogP contribution in [0.3, 0.4) is 0 Å². The summed E-state index contributed by atoms with van der Waals surface area (Å²) in [5.74, 6) is 0. The van der Waals surface area contributed by atoms with Crippen molar-refractivity contribution >= 4 is 11.6 Å². The number of rotatable bonds is 1. The van der Waals surface area contributed by atoms with Crippen molar-refractivity contribution in [1.82, 2.24) is 10.3 Å². The Bertz CT molecular complexity index is 295. The molecule has 1 aromatic heterocycles. The van der Waals surface area contributed by atoms with Gasteiger partial charge in [0, 0.05) is 12.2 Å². The lowest BCUT2D eigenvalue weighted by atomic mass is 9.99. The van der Waals surface area contributed by atoms with Crippen molar-refractivity contribution in [1.29, 1.82) is 0 Å². The molecule has 0 aromatic carbocycles. The van der Waals surface area contributed by atoms with Crippen molar-refractivity contribution < 1.29 is 0 Å². The van der Waals surface area contributed by atoms with Crippen molar-refractivity contribution in [2.45, 2.75) is 19.4 Å². The van der Waals surface area contributed by atoms with Gasteiger partial charge in [-0.15, -0.1) is 0 Å². The number of nitrogens with one attached hydrogen (secondary N) is 1. The fourth-order valence-corrected chi connectivity index (χ4v) is 1.45. The van der Waals surface area contributed by atoms with Gasteiger partial charge in [-0.2, -0.15) is 0 Å². The highest BCUT2D eigenvalue weighted by atomic mass is 35.5. The van der Waals surface area contributed by atoms with E-state index < -0.39 is 0 Å². The molecule has 0 saturated carbocycles. The number of aromatic nitrogens is 1. The lowest BCUT2D eigenvalue weighted by Gasteiger charge is -2.27. The quantitative estimate of drug-likeness (QED) is 0.673. The van der Waals surface area contributed by atoms with Crippen LogP contribution in [0, 0.1) is 6.92 Å². The summed E-state index contributed by atoms with van der Waals surface area (Å²) in [7, 11) is 0. The lowest BCUT2D eigenvalue weighted by molar-refractivity contribution is 0.382. The molecule has 2 rings (SSSR count). The van der Waals surface area contributed by atoms with E-state index in [1.807, 2.05) is 13.1 Å². The maximum atomic E-state index is 5.82. The van der Waals surface area contributed by atoms with E-state index in [2.05, 4.69) is 16.4 Å². The predicted octanol–water partition coefficient (Wildman–Crippen LogP) is 2.08. The fourth-order valence-electron chi connectivity index (χ4n) is 1.34. The maximum Gasteiger partial charge on any atom is 0.131 e. The molecule has 1 saturated heterocycles. The molecule has 1 aromatic rings. The molecule has 0 spiro atoms. The zero-order chi connectivity index (χ0) is 8.55. The highest BCUT2D eigenvalue weighted by Crippen LogP contribution is 2.24. The zero-order valence-electron chi connectivity index (χ0n) is 6.97. The van der Waals surface area contributed by atoms with Gasteiger partial charge in [0.15, 0.2) is 0 Å². The molecule has 12 heavy (non-hydrogen) atoms. The van der Waals surface area contributed by atoms with E-state index in [1.54, 1.807) is 0 Å². The van der Waals surface area contributed by atoms with Crippen molar-refractivity contribution in [2.24, 2.45) is 0 Å². The Labute approximate surface area is 77.0 Å². The van der Waals surface area contributed by atoms with Crippen LogP contribution in [0.4, 0.5) is 0 Å². The van der Waals surface area contributed by atoms with Crippen LogP contribution in [0.5, 0.6) is 0 Å². The third-order valence-corrected chi connectivity index (χ3v) is 2.66. The molecule has 1 N–H and O–H groups in total. The molecule has 0 aliphatic carbocycles. The van der Waals surface area contributed by atoms with E-state index in [9.17, 15) is 0 Å². The van der Waals surface area contributed by atoms with Gasteiger partial charge in [0.05, 0.1) is 0 Å². The summed E-state index contributed by atoms with van der Waals surface area (Å²) in [5, 5.41) is 3.93. The number of hydrogen-bond acceptors (Lipinski definition) is 2. The lowest BCUT2D eigenvalue weighted by Crippen LogP contribution is -2.35. The van der Waals surface area contributed by atoms with E-state index in [-0.39, 0.29) is 0 Å². The molecule has 64 valence electrons. The second-order valence-corrected chi connectivity index (χ2v) is 3.53. The Morgan fingerprint density at radius 2 is 2.42 bits per heavy atom. The zero-order valence-corrected chi connectivity index (χ0v) is 7.73. The molecule has 0 unspecified atom stereocenters. The van der Waals surface area contributed by atoms with Crippen LogP contribution < -0.4 is 5.32 Å². The van der Waals surface area contributed by atoms with E-state index in [1.165, 1.54) is 12.0 Å². The van der Waals surface area contributed by atoms with Crippen LogP contribution in [0.25, 0.3) is 0 Å². The number of halogens is 1. The van der Waals surface area contributed by atoms with E-state index in [0.29, 0.717) is 11.2 Å². The summed E-state index contributed by atoms with van der Waals surface area (Å²) in [6, 6.07) is 2.61. The van der Waals surface area contributed by atoms with E-state index in [0.717, 1.165) is 12.1 Å². The maximum absolute atomic E-state index is 5.82. The van der Waals surface area contributed by atoms with Crippen LogP contribution in [-0.2, 0) is 0 Å². The monoisotopic (exact) mass is 182 g/mol. The van der Waals surface area contributed by atoms with Gasteiger partial charge >= 0.3 is 0 Å². The molecular weight excluding hydrogens is 172 g/mol. The van der Waals surface area contributed by atoms with E-state index in [4.69, 9.17) is 11.6 Å². The first-order valence-corrected chi connectivity index (χ1v) is 4.50. The first kappa shape index (κ1) is 8.02. The third kappa shape index (κ3) is 1.32. The molecule has 0 bridgehead atoms. The summed E-state index contributed by atoms with van der Waals surface area (Å²) in [6.45, 7) is 3.10. The average molecular weight is 183 g/mol. The molecule has 1 atom stereocenters. The largest absolute Gasteiger partial charge is 0.310 e. The minimum Gasteiger partial charge on any atom is -0.310 e. The van der Waals surface area contributed by atoms with E-state index >= 15 is 0 Å². The molecule has 3 heteroatoms. The highest BCUT2D eigenvalue weighted by Gasteiger charge is 2.18. The standard InChI is InChI=1S/C9H11ClN2/c1-6-4-7(5-12-9(6)10)8-2-3-11-8/h4-5,8,11H,2-3H2,1H3/t8-/m0/s1. The Morgan fingerprint density at radius 1 is 1.67 bits per heavy atom. The summed E-state index contributed by atoms with van der Waals surface area (Å²) in [4.78, 5) is 4.11. The van der Waals surface area contributed by atoms with Crippen LogP contribution in [0.1, 0.15) is 23.6 Å². The van der Waals surface area contributed by atoms with Gasteiger partial charge in [0.2, 0.25) is 0 Å². The van der Waals surface area contributed by atoms with Gasteiger partial charge in [-0.3, -0.25) is 0 Å². The molecule has 0 amide bonds. The van der Waals surface area contributed by atoms with Gasteiger partial charge in [-0.05, 0) is 37.1 Å². The molecular formula is C9H11ClN2. The summed E-state index contributed by atoms with van der Waals surface area (Å²) in [5.41, 5.74) is 2.31. The topological polar surface area (TPSA) is 24.9 Å². The summed E-state index contributed by atoms with van der Waals surface area (Å²) in [6.07, 6.45) is 3.06. The van der Waals surface area contributed by atoms with Gasteiger partial charge in [0.1, 0.15) is 5.15 Å².